The summed E-state index contributed by atoms with van der Waals surface area (Å²) < 4.78 is 0. The van der Waals surface area contributed by atoms with Gasteiger partial charge in [0, 0.05) is 11.7 Å². The molecule has 0 aliphatic carbocycles. The molecule has 0 aromatic heterocycles. The summed E-state index contributed by atoms with van der Waals surface area (Å²) in [5.41, 5.74) is 1.71. The molecule has 3 nitrogen and oxygen atoms in total. The molecule has 14 heavy (non-hydrogen) atoms. The van der Waals surface area contributed by atoms with Crippen molar-refractivity contribution in [3.05, 3.63) is 29.8 Å². The van der Waals surface area contributed by atoms with E-state index in [4.69, 9.17) is 0 Å². The molecule has 1 aromatic carbocycles. The van der Waals surface area contributed by atoms with Crippen molar-refractivity contribution in [1.82, 2.24) is 4.90 Å². The molecule has 0 atom stereocenters. The van der Waals surface area contributed by atoms with E-state index in [9.17, 15) is 4.79 Å². The van der Waals surface area contributed by atoms with Crippen LogP contribution in [0.2, 0.25) is 0 Å². The minimum absolute atomic E-state index is 0.120. The molecule has 0 spiro atoms. The van der Waals surface area contributed by atoms with Crippen molar-refractivity contribution in [2.24, 2.45) is 0 Å². The number of nitrogens with zero attached hydrogens (tertiary/aromatic N) is 1. The molecule has 1 amide bonds. The lowest BCUT2D eigenvalue weighted by molar-refractivity contribution is 0.0710. The number of benzene rings is 1. The van der Waals surface area contributed by atoms with Crippen LogP contribution in [-0.2, 0) is 0 Å². The van der Waals surface area contributed by atoms with Crippen LogP contribution in [-0.4, -0.2) is 23.5 Å². The van der Waals surface area contributed by atoms with E-state index in [2.05, 4.69) is 5.32 Å². The molecule has 1 heterocycles. The van der Waals surface area contributed by atoms with E-state index in [-0.39, 0.29) is 11.9 Å². The van der Waals surface area contributed by atoms with E-state index in [0.717, 1.165) is 11.3 Å². The highest BCUT2D eigenvalue weighted by Gasteiger charge is 2.24. The van der Waals surface area contributed by atoms with Crippen LogP contribution in [0.1, 0.15) is 24.2 Å². The largest absolute Gasteiger partial charge is 0.367 e. The monoisotopic (exact) mass is 190 g/mol. The van der Waals surface area contributed by atoms with Crippen molar-refractivity contribution in [2.45, 2.75) is 19.9 Å². The number of hydrogen-bond donors (Lipinski definition) is 1. The molecule has 0 saturated heterocycles. The summed E-state index contributed by atoms with van der Waals surface area (Å²) in [7, 11) is 0. The number of para-hydroxylation sites is 1. The van der Waals surface area contributed by atoms with Gasteiger partial charge in [0.15, 0.2) is 0 Å². The summed E-state index contributed by atoms with van der Waals surface area (Å²) in [4.78, 5) is 13.8. The molecule has 3 heteroatoms. The standard InChI is InChI=1S/C11H14N2O/c1-8(2)13-7-12-10-6-4-3-5-9(10)11(13)14/h3-6,8,12H,7H2,1-2H3. The number of carbonyl (C=O) groups is 1. The van der Waals surface area contributed by atoms with Gasteiger partial charge in [0.05, 0.1) is 12.2 Å². The number of amides is 1. The van der Waals surface area contributed by atoms with Crippen LogP contribution in [0.15, 0.2) is 24.3 Å². The van der Waals surface area contributed by atoms with Crippen LogP contribution in [0, 0.1) is 0 Å². The Balaban J connectivity index is 2.37. The zero-order valence-electron chi connectivity index (χ0n) is 8.45. The van der Waals surface area contributed by atoms with Gasteiger partial charge in [-0.15, -0.1) is 0 Å². The molecular formula is C11H14N2O. The minimum Gasteiger partial charge on any atom is -0.367 e. The molecule has 1 aliphatic heterocycles. The van der Waals surface area contributed by atoms with Gasteiger partial charge in [0.1, 0.15) is 0 Å². The highest BCUT2D eigenvalue weighted by atomic mass is 16.2. The lowest BCUT2D eigenvalue weighted by atomic mass is 10.1. The Morgan fingerprint density at radius 2 is 2.07 bits per heavy atom. The number of anilines is 1. The number of fused-ring (bicyclic) bond motifs is 1. The van der Waals surface area contributed by atoms with Crippen LogP contribution in [0.3, 0.4) is 0 Å². The van der Waals surface area contributed by atoms with Crippen LogP contribution in [0.25, 0.3) is 0 Å². The zero-order chi connectivity index (χ0) is 10.1. The smallest absolute Gasteiger partial charge is 0.257 e. The third-order valence-corrected chi connectivity index (χ3v) is 2.48. The molecule has 0 radical (unpaired) electrons. The van der Waals surface area contributed by atoms with Gasteiger partial charge in [0.25, 0.3) is 5.91 Å². The van der Waals surface area contributed by atoms with E-state index in [1.54, 1.807) is 0 Å². The first-order valence-electron chi connectivity index (χ1n) is 4.84. The van der Waals surface area contributed by atoms with E-state index in [1.807, 2.05) is 43.0 Å². The molecule has 1 aromatic rings. The Morgan fingerprint density at radius 3 is 2.79 bits per heavy atom. The van der Waals surface area contributed by atoms with Gasteiger partial charge < -0.3 is 10.2 Å². The first-order chi connectivity index (χ1) is 6.70. The van der Waals surface area contributed by atoms with Gasteiger partial charge in [-0.2, -0.15) is 0 Å². The molecule has 74 valence electrons. The van der Waals surface area contributed by atoms with E-state index in [0.29, 0.717) is 6.67 Å². The fourth-order valence-corrected chi connectivity index (χ4v) is 1.64. The number of hydrogen-bond acceptors (Lipinski definition) is 2. The van der Waals surface area contributed by atoms with Gasteiger partial charge in [-0.25, -0.2) is 0 Å². The maximum absolute atomic E-state index is 11.9. The minimum atomic E-state index is 0.120. The molecule has 0 fully saturated rings. The fraction of sp³-hybridized carbons (Fsp3) is 0.364. The summed E-state index contributed by atoms with van der Waals surface area (Å²) in [5, 5.41) is 3.23. The van der Waals surface area contributed by atoms with Gasteiger partial charge in [-0.3, -0.25) is 4.79 Å². The van der Waals surface area contributed by atoms with Gasteiger partial charge in [-0.05, 0) is 26.0 Å². The van der Waals surface area contributed by atoms with Crippen LogP contribution < -0.4 is 5.32 Å². The Kier molecular flexibility index (Phi) is 2.15. The zero-order valence-corrected chi connectivity index (χ0v) is 8.45. The van der Waals surface area contributed by atoms with Crippen molar-refractivity contribution in [2.75, 3.05) is 12.0 Å². The molecule has 0 unspecified atom stereocenters. The maximum atomic E-state index is 11.9. The maximum Gasteiger partial charge on any atom is 0.257 e. The second-order valence-electron chi connectivity index (χ2n) is 3.75. The summed E-state index contributed by atoms with van der Waals surface area (Å²) in [6, 6.07) is 7.86. The first-order valence-corrected chi connectivity index (χ1v) is 4.84. The summed E-state index contributed by atoms with van der Waals surface area (Å²) in [6.07, 6.45) is 0. The molecule has 0 bridgehead atoms. The number of carbonyl (C=O) groups excluding carboxylic acids is 1. The quantitative estimate of drug-likeness (QED) is 0.733. The van der Waals surface area contributed by atoms with Gasteiger partial charge in [0.2, 0.25) is 0 Å². The highest BCUT2D eigenvalue weighted by molar-refractivity contribution is 6.01. The summed E-state index contributed by atoms with van der Waals surface area (Å²) in [6.45, 7) is 4.65. The van der Waals surface area contributed by atoms with Gasteiger partial charge in [-0.1, -0.05) is 12.1 Å². The average molecular weight is 190 g/mol. The highest BCUT2D eigenvalue weighted by Crippen LogP contribution is 2.22. The van der Waals surface area contributed by atoms with Crippen molar-refractivity contribution in [3.8, 4) is 0 Å². The Bertz CT molecular complexity index is 360. The predicted molar refractivity (Wildman–Crippen MR) is 56.2 cm³/mol. The molecule has 0 saturated carbocycles. The van der Waals surface area contributed by atoms with E-state index >= 15 is 0 Å². The molecular weight excluding hydrogens is 176 g/mol. The third-order valence-electron chi connectivity index (χ3n) is 2.48. The summed E-state index contributed by atoms with van der Waals surface area (Å²) in [5.74, 6) is 0.120. The summed E-state index contributed by atoms with van der Waals surface area (Å²) >= 11 is 0. The average Bonchev–Trinajstić information content (AvgIpc) is 2.18. The first kappa shape index (κ1) is 9.06. The van der Waals surface area contributed by atoms with Crippen LogP contribution in [0.4, 0.5) is 5.69 Å². The van der Waals surface area contributed by atoms with Gasteiger partial charge >= 0.3 is 0 Å². The van der Waals surface area contributed by atoms with E-state index in [1.165, 1.54) is 0 Å². The molecule has 1 aliphatic rings. The second-order valence-corrected chi connectivity index (χ2v) is 3.75. The molecule has 2 rings (SSSR count). The molecule has 1 N–H and O–H groups in total. The Morgan fingerprint density at radius 1 is 1.36 bits per heavy atom. The van der Waals surface area contributed by atoms with Crippen molar-refractivity contribution < 1.29 is 4.79 Å². The SMILES string of the molecule is CC(C)N1CNc2ccccc2C1=O. The lowest BCUT2D eigenvalue weighted by Crippen LogP contribution is -2.44. The van der Waals surface area contributed by atoms with E-state index < -0.39 is 0 Å². The van der Waals surface area contributed by atoms with Crippen molar-refractivity contribution in [3.63, 3.8) is 0 Å². The third kappa shape index (κ3) is 1.35. The second kappa shape index (κ2) is 3.33. The lowest BCUT2D eigenvalue weighted by Gasteiger charge is -2.32. The van der Waals surface area contributed by atoms with Crippen molar-refractivity contribution in [1.29, 1.82) is 0 Å². The number of nitrogens with one attached hydrogen (secondary N) is 1. The number of rotatable bonds is 1. The van der Waals surface area contributed by atoms with Crippen molar-refractivity contribution >= 4 is 11.6 Å². The Hall–Kier alpha value is -1.51. The Labute approximate surface area is 83.7 Å². The topological polar surface area (TPSA) is 32.3 Å². The predicted octanol–water partition coefficient (Wildman–Crippen LogP) is 1.92. The van der Waals surface area contributed by atoms with Crippen LogP contribution in [0.5, 0.6) is 0 Å². The normalized spacial score (nSPS) is 15.4. The van der Waals surface area contributed by atoms with Crippen LogP contribution >= 0.6 is 0 Å². The fourth-order valence-electron chi connectivity index (χ4n) is 1.64.